The number of nitrogens with two attached hydrogens (primary N) is 1. The zero-order valence-electron chi connectivity index (χ0n) is 14.3. The van der Waals surface area contributed by atoms with Gasteiger partial charge in [0.2, 0.25) is 5.91 Å². The summed E-state index contributed by atoms with van der Waals surface area (Å²) in [6.07, 6.45) is 4.65. The second kappa shape index (κ2) is 8.68. The van der Waals surface area contributed by atoms with Crippen LogP contribution in [0.1, 0.15) is 44.6 Å². The van der Waals surface area contributed by atoms with Crippen molar-refractivity contribution < 1.29 is 14.3 Å². The van der Waals surface area contributed by atoms with Gasteiger partial charge in [0, 0.05) is 13.1 Å². The van der Waals surface area contributed by atoms with Crippen molar-refractivity contribution in [2.75, 3.05) is 13.2 Å². The average molecular weight is 333 g/mol. The highest BCUT2D eigenvalue weighted by molar-refractivity contribution is 5.86. The Balaban J connectivity index is 1.85. The highest BCUT2D eigenvalue weighted by Gasteiger charge is 2.34. The molecule has 0 saturated heterocycles. The van der Waals surface area contributed by atoms with Crippen molar-refractivity contribution in [1.82, 2.24) is 10.6 Å². The zero-order valence-corrected chi connectivity index (χ0v) is 14.3. The van der Waals surface area contributed by atoms with Crippen LogP contribution in [-0.4, -0.2) is 30.5 Å². The Hall–Kier alpha value is -2.08. The maximum Gasteiger partial charge on any atom is 0.257 e. The van der Waals surface area contributed by atoms with Gasteiger partial charge in [-0.3, -0.25) is 9.59 Å². The standard InChI is InChI=1S/C18H27N3O3/c1-2-20-16(22)13-24-15-8-6-7-14(11-15)12-21-17(23)18(19)9-4-3-5-10-18/h6-8,11H,2-5,9-10,12-13,19H2,1H3,(H,20,22)(H,21,23). The molecule has 1 saturated carbocycles. The van der Waals surface area contributed by atoms with Gasteiger partial charge in [-0.25, -0.2) is 0 Å². The minimum atomic E-state index is -0.732. The summed E-state index contributed by atoms with van der Waals surface area (Å²) < 4.78 is 5.45. The average Bonchev–Trinajstić information content (AvgIpc) is 2.59. The molecule has 2 rings (SSSR count). The van der Waals surface area contributed by atoms with E-state index in [9.17, 15) is 9.59 Å². The van der Waals surface area contributed by atoms with Crippen LogP contribution in [0.3, 0.4) is 0 Å². The Morgan fingerprint density at radius 1 is 1.21 bits per heavy atom. The van der Waals surface area contributed by atoms with Crippen LogP contribution in [0.15, 0.2) is 24.3 Å². The molecule has 0 bridgehead atoms. The van der Waals surface area contributed by atoms with Gasteiger partial charge in [0.05, 0.1) is 5.54 Å². The zero-order chi connectivity index (χ0) is 17.4. The lowest BCUT2D eigenvalue weighted by Gasteiger charge is -2.31. The lowest BCUT2D eigenvalue weighted by molar-refractivity contribution is -0.127. The summed E-state index contributed by atoms with van der Waals surface area (Å²) in [5, 5.41) is 5.60. The van der Waals surface area contributed by atoms with Gasteiger partial charge < -0.3 is 21.1 Å². The van der Waals surface area contributed by atoms with Crippen molar-refractivity contribution in [2.45, 2.75) is 51.1 Å². The summed E-state index contributed by atoms with van der Waals surface area (Å²) in [5.74, 6) is 0.363. The molecule has 0 atom stereocenters. The smallest absolute Gasteiger partial charge is 0.257 e. The van der Waals surface area contributed by atoms with Gasteiger partial charge >= 0.3 is 0 Å². The molecule has 0 radical (unpaired) electrons. The molecule has 132 valence electrons. The fourth-order valence-electron chi connectivity index (χ4n) is 2.91. The molecule has 2 amide bonds. The van der Waals surface area contributed by atoms with Gasteiger partial charge in [0.25, 0.3) is 5.91 Å². The van der Waals surface area contributed by atoms with E-state index in [0.29, 0.717) is 18.8 Å². The second-order valence-corrected chi connectivity index (χ2v) is 6.29. The summed E-state index contributed by atoms with van der Waals surface area (Å²) >= 11 is 0. The molecule has 1 aliphatic carbocycles. The molecule has 1 aliphatic rings. The molecule has 0 aliphatic heterocycles. The molecule has 6 nitrogen and oxygen atoms in total. The SMILES string of the molecule is CCNC(=O)COc1cccc(CNC(=O)C2(N)CCCCC2)c1. The van der Waals surface area contributed by atoms with Gasteiger partial charge in [-0.2, -0.15) is 0 Å². The molecule has 0 unspecified atom stereocenters. The number of ether oxygens (including phenoxy) is 1. The summed E-state index contributed by atoms with van der Waals surface area (Å²) in [7, 11) is 0. The van der Waals surface area contributed by atoms with Crippen LogP contribution in [-0.2, 0) is 16.1 Å². The quantitative estimate of drug-likeness (QED) is 0.704. The molecule has 0 heterocycles. The van der Waals surface area contributed by atoms with Crippen LogP contribution >= 0.6 is 0 Å². The lowest BCUT2D eigenvalue weighted by atomic mass is 9.82. The number of nitrogens with one attached hydrogen (secondary N) is 2. The van der Waals surface area contributed by atoms with Gasteiger partial charge in [-0.1, -0.05) is 31.4 Å². The topological polar surface area (TPSA) is 93.5 Å². The van der Waals surface area contributed by atoms with E-state index in [-0.39, 0.29) is 18.4 Å². The fourth-order valence-corrected chi connectivity index (χ4v) is 2.91. The Morgan fingerprint density at radius 2 is 1.96 bits per heavy atom. The van der Waals surface area contributed by atoms with Crippen LogP contribution in [0.25, 0.3) is 0 Å². The Labute approximate surface area is 143 Å². The summed E-state index contributed by atoms with van der Waals surface area (Å²) in [6, 6.07) is 7.36. The van der Waals surface area contributed by atoms with Crippen LogP contribution in [0, 0.1) is 0 Å². The normalized spacial score (nSPS) is 16.2. The molecule has 0 aromatic heterocycles. The van der Waals surface area contributed by atoms with E-state index in [1.807, 2.05) is 25.1 Å². The van der Waals surface area contributed by atoms with Crippen LogP contribution in [0.5, 0.6) is 5.75 Å². The first kappa shape index (κ1) is 18.3. The van der Waals surface area contributed by atoms with Gasteiger partial charge in [0.1, 0.15) is 5.75 Å². The number of benzene rings is 1. The molecule has 1 aromatic carbocycles. The third kappa shape index (κ3) is 5.23. The number of amides is 2. The second-order valence-electron chi connectivity index (χ2n) is 6.29. The number of rotatable bonds is 7. The van der Waals surface area contributed by atoms with E-state index in [2.05, 4.69) is 10.6 Å². The fraction of sp³-hybridized carbons (Fsp3) is 0.556. The Kier molecular flexibility index (Phi) is 6.61. The van der Waals surface area contributed by atoms with Crippen molar-refractivity contribution in [2.24, 2.45) is 5.73 Å². The van der Waals surface area contributed by atoms with E-state index >= 15 is 0 Å². The van der Waals surface area contributed by atoms with E-state index in [0.717, 1.165) is 37.7 Å². The molecular weight excluding hydrogens is 306 g/mol. The molecule has 4 N–H and O–H groups in total. The lowest BCUT2D eigenvalue weighted by Crippen LogP contribution is -2.54. The van der Waals surface area contributed by atoms with Crippen molar-refractivity contribution in [3.05, 3.63) is 29.8 Å². The number of likely N-dealkylation sites (N-methyl/N-ethyl adjacent to an activating group) is 1. The highest BCUT2D eigenvalue weighted by atomic mass is 16.5. The monoisotopic (exact) mass is 333 g/mol. The van der Waals surface area contributed by atoms with Crippen molar-refractivity contribution in [3.8, 4) is 5.75 Å². The number of hydrogen-bond donors (Lipinski definition) is 3. The molecule has 24 heavy (non-hydrogen) atoms. The van der Waals surface area contributed by atoms with Crippen molar-refractivity contribution >= 4 is 11.8 Å². The van der Waals surface area contributed by atoms with E-state index in [4.69, 9.17) is 10.5 Å². The van der Waals surface area contributed by atoms with Crippen LogP contribution < -0.4 is 21.1 Å². The minimum absolute atomic E-state index is 0.0183. The third-order valence-electron chi connectivity index (χ3n) is 4.29. The number of carbonyl (C=O) groups excluding carboxylic acids is 2. The minimum Gasteiger partial charge on any atom is -0.484 e. The van der Waals surface area contributed by atoms with Crippen LogP contribution in [0.2, 0.25) is 0 Å². The number of hydrogen-bond acceptors (Lipinski definition) is 4. The van der Waals surface area contributed by atoms with Gasteiger partial charge in [0.15, 0.2) is 6.61 Å². The molecule has 0 spiro atoms. The highest BCUT2D eigenvalue weighted by Crippen LogP contribution is 2.26. The predicted molar refractivity (Wildman–Crippen MR) is 92.5 cm³/mol. The third-order valence-corrected chi connectivity index (χ3v) is 4.29. The van der Waals surface area contributed by atoms with E-state index < -0.39 is 5.54 Å². The van der Waals surface area contributed by atoms with Crippen LogP contribution in [0.4, 0.5) is 0 Å². The largest absolute Gasteiger partial charge is 0.484 e. The molecular formula is C18H27N3O3. The van der Waals surface area contributed by atoms with Crippen molar-refractivity contribution in [3.63, 3.8) is 0 Å². The van der Waals surface area contributed by atoms with E-state index in [1.165, 1.54) is 0 Å². The first-order valence-corrected chi connectivity index (χ1v) is 8.59. The maximum absolute atomic E-state index is 12.3. The molecule has 1 aromatic rings. The van der Waals surface area contributed by atoms with E-state index in [1.54, 1.807) is 6.07 Å². The predicted octanol–water partition coefficient (Wildman–Crippen LogP) is 1.48. The number of carbonyl (C=O) groups is 2. The first-order chi connectivity index (χ1) is 11.5. The summed E-state index contributed by atoms with van der Waals surface area (Å²) in [5.41, 5.74) is 6.41. The van der Waals surface area contributed by atoms with Gasteiger partial charge in [-0.15, -0.1) is 0 Å². The Morgan fingerprint density at radius 3 is 2.67 bits per heavy atom. The van der Waals surface area contributed by atoms with Crippen molar-refractivity contribution in [1.29, 1.82) is 0 Å². The maximum atomic E-state index is 12.3. The Bertz CT molecular complexity index is 568. The molecule has 1 fully saturated rings. The summed E-state index contributed by atoms with van der Waals surface area (Å²) in [6.45, 7) is 2.82. The van der Waals surface area contributed by atoms with Gasteiger partial charge in [-0.05, 0) is 37.5 Å². The summed E-state index contributed by atoms with van der Waals surface area (Å²) in [4.78, 5) is 23.8. The molecule has 6 heteroatoms. The first-order valence-electron chi connectivity index (χ1n) is 8.59.